The molecule has 0 saturated carbocycles. The normalized spacial score (nSPS) is 21.7. The third-order valence-corrected chi connectivity index (χ3v) is 3.31. The summed E-state index contributed by atoms with van der Waals surface area (Å²) in [5.41, 5.74) is 1.03. The second-order valence-corrected chi connectivity index (χ2v) is 4.87. The molecule has 1 atom stereocenters. The van der Waals surface area contributed by atoms with E-state index in [1.807, 2.05) is 29.2 Å². The van der Waals surface area contributed by atoms with Crippen LogP contribution in [0.25, 0.3) is 0 Å². The van der Waals surface area contributed by atoms with E-state index in [0.29, 0.717) is 12.5 Å². The molecule has 1 aromatic carbocycles. The van der Waals surface area contributed by atoms with Crippen LogP contribution in [0.15, 0.2) is 24.3 Å². The van der Waals surface area contributed by atoms with Crippen molar-refractivity contribution in [3.63, 3.8) is 0 Å². The largest absolute Gasteiger partial charge is 0.310 e. The van der Waals surface area contributed by atoms with Gasteiger partial charge in [0, 0.05) is 21.7 Å². The number of anilines is 1. The van der Waals surface area contributed by atoms with Gasteiger partial charge in [-0.25, -0.2) is 0 Å². The molecule has 0 radical (unpaired) electrons. The Kier molecular flexibility index (Phi) is 2.76. The monoisotopic (exact) mass is 301 g/mol. The quantitative estimate of drug-likeness (QED) is 0.730. The molecule has 1 heterocycles. The van der Waals surface area contributed by atoms with Crippen molar-refractivity contribution in [3.8, 4) is 0 Å². The first-order valence-corrected chi connectivity index (χ1v) is 5.84. The van der Waals surface area contributed by atoms with Crippen LogP contribution < -0.4 is 4.90 Å². The molecule has 1 aliphatic rings. The molecule has 0 aliphatic carbocycles. The number of carbonyl (C=O) groups excluding carboxylic acids is 1. The third kappa shape index (κ3) is 1.78. The van der Waals surface area contributed by atoms with Crippen molar-refractivity contribution >= 4 is 34.2 Å². The minimum Gasteiger partial charge on any atom is -0.310 e. The van der Waals surface area contributed by atoms with Crippen LogP contribution in [0, 0.1) is 3.57 Å². The molecule has 3 heteroatoms. The molecular formula is C11H12INO. The van der Waals surface area contributed by atoms with Gasteiger partial charge in [0.05, 0.1) is 0 Å². The summed E-state index contributed by atoms with van der Waals surface area (Å²) in [5, 5.41) is 0. The van der Waals surface area contributed by atoms with Crippen molar-refractivity contribution < 1.29 is 4.79 Å². The molecular weight excluding hydrogens is 289 g/mol. The zero-order chi connectivity index (χ0) is 10.1. The Hall–Kier alpha value is -0.580. The molecule has 1 aromatic rings. The molecule has 1 saturated heterocycles. The minimum atomic E-state index is 0.249. The summed E-state index contributed by atoms with van der Waals surface area (Å²) >= 11 is 2.27. The molecule has 2 nitrogen and oxygen atoms in total. The van der Waals surface area contributed by atoms with Crippen LogP contribution >= 0.6 is 22.6 Å². The Labute approximate surface area is 97.4 Å². The summed E-state index contributed by atoms with van der Waals surface area (Å²) in [6, 6.07) is 8.45. The number of carbonyl (C=O) groups is 1. The van der Waals surface area contributed by atoms with Gasteiger partial charge in [-0.2, -0.15) is 0 Å². The second-order valence-electron chi connectivity index (χ2n) is 3.63. The first-order chi connectivity index (χ1) is 6.68. The van der Waals surface area contributed by atoms with Gasteiger partial charge < -0.3 is 4.90 Å². The number of rotatable bonds is 1. The summed E-state index contributed by atoms with van der Waals surface area (Å²) in [6.07, 6.45) is 1.66. The highest BCUT2D eigenvalue weighted by atomic mass is 127. The van der Waals surface area contributed by atoms with Crippen LogP contribution in [-0.2, 0) is 4.79 Å². The molecule has 1 fully saturated rings. The Balaban J connectivity index is 2.30. The van der Waals surface area contributed by atoms with E-state index >= 15 is 0 Å². The predicted octanol–water partition coefficient (Wildman–Crippen LogP) is 2.81. The van der Waals surface area contributed by atoms with E-state index in [1.54, 1.807) is 0 Å². The zero-order valence-corrected chi connectivity index (χ0v) is 10.2. The lowest BCUT2D eigenvalue weighted by Crippen LogP contribution is -2.30. The molecule has 74 valence electrons. The summed E-state index contributed by atoms with van der Waals surface area (Å²) < 4.78 is 1.20. The van der Waals surface area contributed by atoms with Crippen molar-refractivity contribution in [2.24, 2.45) is 0 Å². The van der Waals surface area contributed by atoms with Gasteiger partial charge in [-0.05, 0) is 60.2 Å². The molecule has 1 unspecified atom stereocenters. The van der Waals surface area contributed by atoms with Crippen molar-refractivity contribution in [2.75, 3.05) is 4.90 Å². The standard InChI is InChI=1S/C11H12INO/c1-8-2-7-11(14)13(8)10-5-3-9(12)4-6-10/h3-6,8H,2,7H2,1H3. The molecule has 0 spiro atoms. The van der Waals surface area contributed by atoms with Gasteiger partial charge in [-0.1, -0.05) is 0 Å². The van der Waals surface area contributed by atoms with E-state index in [0.717, 1.165) is 12.1 Å². The lowest BCUT2D eigenvalue weighted by Gasteiger charge is -2.21. The van der Waals surface area contributed by atoms with Gasteiger partial charge in [-0.15, -0.1) is 0 Å². The highest BCUT2D eigenvalue weighted by Crippen LogP contribution is 2.26. The first kappa shape index (κ1) is 9.96. The predicted molar refractivity (Wildman–Crippen MR) is 65.3 cm³/mol. The number of nitrogens with zero attached hydrogens (tertiary/aromatic N) is 1. The van der Waals surface area contributed by atoms with Crippen molar-refractivity contribution in [1.29, 1.82) is 0 Å². The molecule has 0 bridgehead atoms. The smallest absolute Gasteiger partial charge is 0.227 e. The van der Waals surface area contributed by atoms with Gasteiger partial charge in [-0.3, -0.25) is 4.79 Å². The first-order valence-electron chi connectivity index (χ1n) is 4.76. The average molecular weight is 301 g/mol. The van der Waals surface area contributed by atoms with Gasteiger partial charge in [0.15, 0.2) is 0 Å². The Morgan fingerprint density at radius 2 is 2.00 bits per heavy atom. The summed E-state index contributed by atoms with van der Waals surface area (Å²) in [5.74, 6) is 0.249. The fourth-order valence-corrected chi connectivity index (χ4v) is 2.19. The van der Waals surface area contributed by atoms with E-state index in [-0.39, 0.29) is 5.91 Å². The highest BCUT2D eigenvalue weighted by Gasteiger charge is 2.28. The highest BCUT2D eigenvalue weighted by molar-refractivity contribution is 14.1. The third-order valence-electron chi connectivity index (χ3n) is 2.59. The minimum absolute atomic E-state index is 0.249. The van der Waals surface area contributed by atoms with Gasteiger partial charge in [0.2, 0.25) is 5.91 Å². The fourth-order valence-electron chi connectivity index (χ4n) is 1.83. The summed E-state index contributed by atoms with van der Waals surface area (Å²) in [6.45, 7) is 2.10. The van der Waals surface area contributed by atoms with Crippen LogP contribution in [0.3, 0.4) is 0 Å². The lowest BCUT2D eigenvalue weighted by atomic mass is 10.2. The van der Waals surface area contributed by atoms with Crippen molar-refractivity contribution in [2.45, 2.75) is 25.8 Å². The maximum atomic E-state index is 11.6. The number of halogens is 1. The number of benzene rings is 1. The number of amides is 1. The van der Waals surface area contributed by atoms with Gasteiger partial charge in [0.25, 0.3) is 0 Å². The summed E-state index contributed by atoms with van der Waals surface area (Å²) in [4.78, 5) is 13.5. The molecule has 1 amide bonds. The molecule has 0 N–H and O–H groups in total. The van der Waals surface area contributed by atoms with Crippen molar-refractivity contribution in [1.82, 2.24) is 0 Å². The van der Waals surface area contributed by atoms with Crippen LogP contribution in [0.2, 0.25) is 0 Å². The van der Waals surface area contributed by atoms with Crippen molar-refractivity contribution in [3.05, 3.63) is 27.8 Å². The molecule has 2 rings (SSSR count). The van der Waals surface area contributed by atoms with E-state index in [4.69, 9.17) is 0 Å². The van der Waals surface area contributed by atoms with Crippen LogP contribution in [0.4, 0.5) is 5.69 Å². The van der Waals surface area contributed by atoms with E-state index < -0.39 is 0 Å². The van der Waals surface area contributed by atoms with Gasteiger partial charge >= 0.3 is 0 Å². The topological polar surface area (TPSA) is 20.3 Å². The second kappa shape index (κ2) is 3.88. The Morgan fingerprint density at radius 1 is 1.36 bits per heavy atom. The maximum absolute atomic E-state index is 11.6. The Bertz CT molecular complexity index is 347. The average Bonchev–Trinajstić information content (AvgIpc) is 2.49. The summed E-state index contributed by atoms with van der Waals surface area (Å²) in [7, 11) is 0. The molecule has 0 aromatic heterocycles. The maximum Gasteiger partial charge on any atom is 0.227 e. The van der Waals surface area contributed by atoms with Crippen LogP contribution in [0.1, 0.15) is 19.8 Å². The Morgan fingerprint density at radius 3 is 2.50 bits per heavy atom. The zero-order valence-electron chi connectivity index (χ0n) is 8.03. The SMILES string of the molecule is CC1CCC(=O)N1c1ccc(I)cc1. The van der Waals surface area contributed by atoms with Crippen LogP contribution in [-0.4, -0.2) is 11.9 Å². The fraction of sp³-hybridized carbons (Fsp3) is 0.364. The number of hydrogen-bond donors (Lipinski definition) is 0. The molecule has 1 aliphatic heterocycles. The molecule has 14 heavy (non-hydrogen) atoms. The van der Waals surface area contributed by atoms with E-state index in [2.05, 4.69) is 29.5 Å². The van der Waals surface area contributed by atoms with E-state index in [9.17, 15) is 4.79 Å². The lowest BCUT2D eigenvalue weighted by molar-refractivity contribution is -0.117. The van der Waals surface area contributed by atoms with Crippen LogP contribution in [0.5, 0.6) is 0 Å². The van der Waals surface area contributed by atoms with Gasteiger partial charge in [0.1, 0.15) is 0 Å². The number of hydrogen-bond acceptors (Lipinski definition) is 1. The van der Waals surface area contributed by atoms with E-state index in [1.165, 1.54) is 3.57 Å².